The first-order valence-electron chi connectivity index (χ1n) is 9.12. The molecule has 0 aliphatic carbocycles. The molecule has 2 aliphatic rings. The molecule has 2 saturated heterocycles. The van der Waals surface area contributed by atoms with Gasteiger partial charge in [0.05, 0.1) is 0 Å². The third kappa shape index (κ3) is 5.22. The van der Waals surface area contributed by atoms with Crippen LogP contribution in [0.2, 0.25) is 0 Å². The molecule has 0 radical (unpaired) electrons. The molecule has 2 amide bonds. The van der Waals surface area contributed by atoms with Crippen molar-refractivity contribution >= 4 is 29.3 Å². The van der Waals surface area contributed by atoms with E-state index in [9.17, 15) is 9.59 Å². The van der Waals surface area contributed by atoms with Gasteiger partial charge in [0, 0.05) is 36.4 Å². The van der Waals surface area contributed by atoms with Crippen LogP contribution >= 0.6 is 11.8 Å². The lowest BCUT2D eigenvalue weighted by Crippen LogP contribution is -2.49. The Kier molecular flexibility index (Phi) is 6.37. The summed E-state index contributed by atoms with van der Waals surface area (Å²) in [7, 11) is 0. The fourth-order valence-corrected chi connectivity index (χ4v) is 4.68. The SMILES string of the molecule is CC(=O)c1ccc(NC(=O)NC2CCN(C3CCSCC3)CC2)cc1. The number of anilines is 1. The fourth-order valence-electron chi connectivity index (χ4n) is 3.60. The number of piperidine rings is 1. The van der Waals surface area contributed by atoms with Crippen LogP contribution in [0.3, 0.4) is 0 Å². The monoisotopic (exact) mass is 361 g/mol. The third-order valence-corrected chi connectivity index (χ3v) is 6.17. The number of nitrogens with one attached hydrogen (secondary N) is 2. The minimum atomic E-state index is -0.164. The Balaban J connectivity index is 1.42. The lowest BCUT2D eigenvalue weighted by atomic mass is 10.0. The topological polar surface area (TPSA) is 61.4 Å². The van der Waals surface area contributed by atoms with E-state index in [1.54, 1.807) is 24.3 Å². The van der Waals surface area contributed by atoms with Gasteiger partial charge in [-0.3, -0.25) is 4.79 Å². The molecule has 136 valence electrons. The molecule has 2 N–H and O–H groups in total. The van der Waals surface area contributed by atoms with E-state index in [4.69, 9.17) is 0 Å². The van der Waals surface area contributed by atoms with Gasteiger partial charge < -0.3 is 15.5 Å². The van der Waals surface area contributed by atoms with Gasteiger partial charge in [0.15, 0.2) is 5.78 Å². The number of hydrogen-bond donors (Lipinski definition) is 2. The van der Waals surface area contributed by atoms with Gasteiger partial charge in [-0.15, -0.1) is 0 Å². The van der Waals surface area contributed by atoms with Gasteiger partial charge in [0.1, 0.15) is 0 Å². The predicted octanol–water partition coefficient (Wildman–Crippen LogP) is 3.37. The number of likely N-dealkylation sites (tertiary alicyclic amines) is 1. The summed E-state index contributed by atoms with van der Waals surface area (Å²) in [6, 6.07) is 7.82. The van der Waals surface area contributed by atoms with Crippen LogP contribution in [0, 0.1) is 0 Å². The molecule has 3 rings (SSSR count). The number of carbonyl (C=O) groups is 2. The Labute approximate surface area is 153 Å². The average Bonchev–Trinajstić information content (AvgIpc) is 2.63. The van der Waals surface area contributed by atoms with Gasteiger partial charge in [-0.1, -0.05) is 0 Å². The van der Waals surface area contributed by atoms with Crippen molar-refractivity contribution in [2.45, 2.75) is 44.7 Å². The number of benzene rings is 1. The number of carbonyl (C=O) groups excluding carboxylic acids is 2. The lowest BCUT2D eigenvalue weighted by molar-refractivity contribution is 0.101. The van der Waals surface area contributed by atoms with Crippen LogP contribution in [0.4, 0.5) is 10.5 Å². The Morgan fingerprint density at radius 2 is 1.68 bits per heavy atom. The van der Waals surface area contributed by atoms with E-state index >= 15 is 0 Å². The van der Waals surface area contributed by atoms with Crippen molar-refractivity contribution in [2.75, 3.05) is 29.9 Å². The van der Waals surface area contributed by atoms with Crippen LogP contribution in [-0.4, -0.2) is 53.4 Å². The summed E-state index contributed by atoms with van der Waals surface area (Å²) in [5, 5.41) is 5.93. The van der Waals surface area contributed by atoms with Crippen molar-refractivity contribution in [1.29, 1.82) is 0 Å². The highest BCUT2D eigenvalue weighted by Crippen LogP contribution is 2.24. The van der Waals surface area contributed by atoms with E-state index in [1.165, 1.54) is 31.3 Å². The number of thioether (sulfide) groups is 1. The molecule has 0 aromatic heterocycles. The molecule has 0 atom stereocenters. The van der Waals surface area contributed by atoms with Crippen molar-refractivity contribution in [1.82, 2.24) is 10.2 Å². The number of nitrogens with zero attached hydrogens (tertiary/aromatic N) is 1. The van der Waals surface area contributed by atoms with Crippen LogP contribution in [0.15, 0.2) is 24.3 Å². The van der Waals surface area contributed by atoms with Crippen LogP contribution in [0.5, 0.6) is 0 Å². The molecule has 2 aliphatic heterocycles. The summed E-state index contributed by atoms with van der Waals surface area (Å²) in [5.74, 6) is 2.60. The first kappa shape index (κ1) is 18.3. The van der Waals surface area contributed by atoms with Crippen LogP contribution < -0.4 is 10.6 Å². The van der Waals surface area contributed by atoms with Crippen molar-refractivity contribution in [3.8, 4) is 0 Å². The van der Waals surface area contributed by atoms with Gasteiger partial charge in [-0.2, -0.15) is 11.8 Å². The summed E-state index contributed by atoms with van der Waals surface area (Å²) in [6.45, 7) is 3.69. The molecular formula is C19H27N3O2S. The second-order valence-electron chi connectivity index (χ2n) is 6.89. The van der Waals surface area contributed by atoms with E-state index in [0.717, 1.165) is 32.0 Å². The molecule has 0 saturated carbocycles. The molecule has 0 unspecified atom stereocenters. The van der Waals surface area contributed by atoms with E-state index in [2.05, 4.69) is 27.3 Å². The molecule has 6 heteroatoms. The van der Waals surface area contributed by atoms with Gasteiger partial charge in [0.25, 0.3) is 0 Å². The quantitative estimate of drug-likeness (QED) is 0.807. The zero-order valence-electron chi connectivity index (χ0n) is 14.8. The van der Waals surface area contributed by atoms with Crippen molar-refractivity contribution in [3.05, 3.63) is 29.8 Å². The summed E-state index contributed by atoms with van der Waals surface area (Å²) in [4.78, 5) is 26.1. The van der Waals surface area contributed by atoms with E-state index in [-0.39, 0.29) is 17.9 Å². The average molecular weight is 362 g/mol. The van der Waals surface area contributed by atoms with Crippen LogP contribution in [-0.2, 0) is 0 Å². The molecule has 0 spiro atoms. The van der Waals surface area contributed by atoms with Crippen molar-refractivity contribution in [3.63, 3.8) is 0 Å². The zero-order valence-corrected chi connectivity index (χ0v) is 15.6. The maximum atomic E-state index is 12.2. The van der Waals surface area contributed by atoms with Crippen LogP contribution in [0.25, 0.3) is 0 Å². The molecule has 2 fully saturated rings. The second kappa shape index (κ2) is 8.72. The summed E-state index contributed by atoms with van der Waals surface area (Å²) in [6.07, 6.45) is 4.64. The maximum absolute atomic E-state index is 12.2. The molecule has 5 nitrogen and oxygen atoms in total. The van der Waals surface area contributed by atoms with Gasteiger partial charge in [-0.05, 0) is 68.4 Å². The smallest absolute Gasteiger partial charge is 0.319 e. The highest BCUT2D eigenvalue weighted by atomic mass is 32.2. The Bertz CT molecular complexity index is 591. The number of ketones is 1. The van der Waals surface area contributed by atoms with Crippen molar-refractivity contribution < 1.29 is 9.59 Å². The van der Waals surface area contributed by atoms with E-state index in [0.29, 0.717) is 11.3 Å². The molecule has 2 heterocycles. The second-order valence-corrected chi connectivity index (χ2v) is 8.11. The van der Waals surface area contributed by atoms with E-state index in [1.807, 2.05) is 0 Å². The lowest BCUT2D eigenvalue weighted by Gasteiger charge is -2.39. The summed E-state index contributed by atoms with van der Waals surface area (Å²) in [5.41, 5.74) is 1.36. The summed E-state index contributed by atoms with van der Waals surface area (Å²) >= 11 is 2.06. The van der Waals surface area contributed by atoms with Gasteiger partial charge in [0.2, 0.25) is 0 Å². The molecule has 25 heavy (non-hydrogen) atoms. The predicted molar refractivity (Wildman–Crippen MR) is 104 cm³/mol. The largest absolute Gasteiger partial charge is 0.335 e. The third-order valence-electron chi connectivity index (χ3n) is 5.12. The number of amides is 2. The molecule has 0 bridgehead atoms. The molecule has 1 aromatic carbocycles. The fraction of sp³-hybridized carbons (Fsp3) is 0.579. The Hall–Kier alpha value is -1.53. The minimum absolute atomic E-state index is 0.0271. The van der Waals surface area contributed by atoms with Crippen molar-refractivity contribution in [2.24, 2.45) is 0 Å². The number of Topliss-reactive ketones (excluding diaryl/α,β-unsaturated/α-hetero) is 1. The maximum Gasteiger partial charge on any atom is 0.319 e. The molecule has 1 aromatic rings. The number of hydrogen-bond acceptors (Lipinski definition) is 4. The Morgan fingerprint density at radius 3 is 2.28 bits per heavy atom. The highest BCUT2D eigenvalue weighted by molar-refractivity contribution is 7.99. The first-order valence-corrected chi connectivity index (χ1v) is 10.3. The standard InChI is InChI=1S/C19H27N3O2S/c1-14(23)15-2-4-16(5-3-15)20-19(24)21-17-6-10-22(11-7-17)18-8-12-25-13-9-18/h2-5,17-18H,6-13H2,1H3,(H2,20,21,24). The van der Waals surface area contributed by atoms with Gasteiger partial charge in [-0.25, -0.2) is 4.79 Å². The van der Waals surface area contributed by atoms with Gasteiger partial charge >= 0.3 is 6.03 Å². The Morgan fingerprint density at radius 1 is 1.04 bits per heavy atom. The zero-order chi connectivity index (χ0) is 17.6. The number of urea groups is 1. The normalized spacial score (nSPS) is 20.2. The highest BCUT2D eigenvalue weighted by Gasteiger charge is 2.26. The first-order chi connectivity index (χ1) is 12.1. The molecular weight excluding hydrogens is 334 g/mol. The number of rotatable bonds is 4. The minimum Gasteiger partial charge on any atom is -0.335 e. The summed E-state index contributed by atoms with van der Waals surface area (Å²) < 4.78 is 0. The van der Waals surface area contributed by atoms with E-state index < -0.39 is 0 Å². The van der Waals surface area contributed by atoms with Crippen LogP contribution in [0.1, 0.15) is 43.0 Å².